The van der Waals surface area contributed by atoms with Crippen molar-refractivity contribution in [3.63, 3.8) is 0 Å². The first-order valence-corrected chi connectivity index (χ1v) is 9.06. The number of halogens is 1. The summed E-state index contributed by atoms with van der Waals surface area (Å²) in [7, 11) is 1.65. The normalized spacial score (nSPS) is 16.9. The number of nitrogens with zero attached hydrogens (tertiary/aromatic N) is 1. The molecule has 0 spiro atoms. The molecule has 1 aliphatic heterocycles. The summed E-state index contributed by atoms with van der Waals surface area (Å²) in [6.07, 6.45) is 0.891. The number of nitrogens with one attached hydrogen (secondary N) is 2. The number of thiophene rings is 1. The molecule has 2 amide bonds. The van der Waals surface area contributed by atoms with E-state index in [1.54, 1.807) is 18.4 Å². The molecule has 3 rings (SSSR count). The summed E-state index contributed by atoms with van der Waals surface area (Å²) < 4.78 is 5.41. The Kier molecular flexibility index (Phi) is 5.48. The van der Waals surface area contributed by atoms with Gasteiger partial charge in [0, 0.05) is 29.0 Å². The second-order valence-corrected chi connectivity index (χ2v) is 7.12. The van der Waals surface area contributed by atoms with Gasteiger partial charge in [-0.3, -0.25) is 0 Å². The molecule has 1 aromatic carbocycles. The lowest BCUT2D eigenvalue weighted by atomic mass is 10.2. The number of methoxy groups -OCH3 is 1. The Morgan fingerprint density at radius 2 is 2.33 bits per heavy atom. The number of urea groups is 1. The van der Waals surface area contributed by atoms with Crippen molar-refractivity contribution < 1.29 is 9.53 Å². The van der Waals surface area contributed by atoms with Gasteiger partial charge in [-0.25, -0.2) is 4.79 Å². The van der Waals surface area contributed by atoms with E-state index in [0.717, 1.165) is 35.8 Å². The number of anilines is 1. The van der Waals surface area contributed by atoms with Gasteiger partial charge in [-0.15, -0.1) is 11.3 Å². The van der Waals surface area contributed by atoms with Crippen LogP contribution in [0.25, 0.3) is 0 Å². The average Bonchev–Trinajstić information content (AvgIpc) is 3.24. The van der Waals surface area contributed by atoms with Crippen molar-refractivity contribution in [1.29, 1.82) is 0 Å². The average molecular weight is 366 g/mol. The van der Waals surface area contributed by atoms with Gasteiger partial charge in [0.05, 0.1) is 19.3 Å². The fourth-order valence-corrected chi connectivity index (χ4v) is 3.64. The van der Waals surface area contributed by atoms with E-state index in [4.69, 9.17) is 16.3 Å². The zero-order chi connectivity index (χ0) is 16.9. The third-order valence-electron chi connectivity index (χ3n) is 4.01. The maximum Gasteiger partial charge on any atom is 0.315 e. The van der Waals surface area contributed by atoms with Crippen LogP contribution in [0.15, 0.2) is 35.7 Å². The molecule has 2 heterocycles. The van der Waals surface area contributed by atoms with E-state index in [2.05, 4.69) is 15.5 Å². The predicted molar refractivity (Wildman–Crippen MR) is 98.3 cm³/mol. The molecule has 7 heteroatoms. The molecular formula is C17H20ClN3O2S. The summed E-state index contributed by atoms with van der Waals surface area (Å²) in [5, 5.41) is 8.61. The van der Waals surface area contributed by atoms with Crippen LogP contribution >= 0.6 is 22.9 Å². The number of carbonyl (C=O) groups excluding carboxylic acids is 1. The number of rotatable bonds is 5. The van der Waals surface area contributed by atoms with Crippen LogP contribution in [-0.2, 0) is 6.54 Å². The van der Waals surface area contributed by atoms with Crippen LogP contribution in [0.3, 0.4) is 0 Å². The molecule has 0 saturated carbocycles. The Labute approximate surface area is 150 Å². The molecule has 1 aliphatic rings. The number of amides is 2. The highest BCUT2D eigenvalue weighted by atomic mass is 35.5. The molecule has 1 atom stereocenters. The Hall–Kier alpha value is -1.92. The molecule has 1 saturated heterocycles. The molecule has 1 aromatic heterocycles. The number of hydrogen-bond acceptors (Lipinski definition) is 4. The fraction of sp³-hybridized carbons (Fsp3) is 0.353. The van der Waals surface area contributed by atoms with Crippen molar-refractivity contribution in [3.8, 4) is 5.75 Å². The van der Waals surface area contributed by atoms with Gasteiger partial charge in [-0.05, 0) is 36.1 Å². The summed E-state index contributed by atoms with van der Waals surface area (Å²) in [6.45, 7) is 2.15. The minimum atomic E-state index is -0.131. The van der Waals surface area contributed by atoms with E-state index in [0.29, 0.717) is 11.6 Å². The van der Waals surface area contributed by atoms with E-state index in [1.165, 1.54) is 0 Å². The van der Waals surface area contributed by atoms with E-state index in [9.17, 15) is 4.79 Å². The molecule has 5 nitrogen and oxygen atoms in total. The Bertz CT molecular complexity index is 693. The van der Waals surface area contributed by atoms with Crippen LogP contribution in [-0.4, -0.2) is 32.3 Å². The van der Waals surface area contributed by atoms with Gasteiger partial charge in [0.2, 0.25) is 0 Å². The fourth-order valence-electron chi connectivity index (χ4n) is 2.82. The Morgan fingerprint density at radius 3 is 3.08 bits per heavy atom. The highest BCUT2D eigenvalue weighted by molar-refractivity contribution is 7.09. The second-order valence-electron chi connectivity index (χ2n) is 5.65. The van der Waals surface area contributed by atoms with Gasteiger partial charge in [0.1, 0.15) is 5.75 Å². The standard InChI is InChI=1S/C17H20ClN3O2S/c1-23-16-5-4-12(18)9-15(16)21-7-6-13(11-21)20-17(22)19-10-14-3-2-8-24-14/h2-5,8-9,13H,6-7,10-11H2,1H3,(H2,19,20,22). The van der Waals surface area contributed by atoms with E-state index in [-0.39, 0.29) is 12.1 Å². The monoisotopic (exact) mass is 365 g/mol. The summed E-state index contributed by atoms with van der Waals surface area (Å²) in [5.74, 6) is 0.794. The number of hydrogen-bond donors (Lipinski definition) is 2. The molecule has 0 bridgehead atoms. The summed E-state index contributed by atoms with van der Waals surface area (Å²) in [4.78, 5) is 15.4. The quantitative estimate of drug-likeness (QED) is 0.852. The second kappa shape index (κ2) is 7.77. The van der Waals surface area contributed by atoms with Crippen molar-refractivity contribution in [2.75, 3.05) is 25.1 Å². The van der Waals surface area contributed by atoms with E-state index in [1.807, 2.05) is 35.7 Å². The molecule has 2 N–H and O–H groups in total. The van der Waals surface area contributed by atoms with Gasteiger partial charge < -0.3 is 20.3 Å². The zero-order valence-electron chi connectivity index (χ0n) is 13.4. The number of ether oxygens (including phenoxy) is 1. The van der Waals surface area contributed by atoms with Gasteiger partial charge >= 0.3 is 6.03 Å². The van der Waals surface area contributed by atoms with Crippen molar-refractivity contribution in [3.05, 3.63) is 45.6 Å². The topological polar surface area (TPSA) is 53.6 Å². The maximum absolute atomic E-state index is 12.0. The minimum absolute atomic E-state index is 0.108. The lowest BCUT2D eigenvalue weighted by Crippen LogP contribution is -2.43. The molecule has 0 radical (unpaired) electrons. The highest BCUT2D eigenvalue weighted by Gasteiger charge is 2.26. The summed E-state index contributed by atoms with van der Waals surface area (Å²) in [5.41, 5.74) is 0.966. The molecule has 0 aliphatic carbocycles. The van der Waals surface area contributed by atoms with E-state index < -0.39 is 0 Å². The third-order valence-corrected chi connectivity index (χ3v) is 5.12. The number of benzene rings is 1. The van der Waals surface area contributed by atoms with Crippen molar-refractivity contribution >= 4 is 34.7 Å². The molecule has 1 fully saturated rings. The van der Waals surface area contributed by atoms with Crippen LogP contribution in [0, 0.1) is 0 Å². The van der Waals surface area contributed by atoms with Crippen LogP contribution < -0.4 is 20.3 Å². The molecule has 128 valence electrons. The zero-order valence-corrected chi connectivity index (χ0v) is 15.0. The van der Waals surface area contributed by atoms with Gasteiger partial charge in [0.25, 0.3) is 0 Å². The van der Waals surface area contributed by atoms with Crippen LogP contribution in [0.4, 0.5) is 10.5 Å². The van der Waals surface area contributed by atoms with Crippen LogP contribution in [0.2, 0.25) is 5.02 Å². The smallest absolute Gasteiger partial charge is 0.315 e. The Morgan fingerprint density at radius 1 is 1.46 bits per heavy atom. The first-order valence-electron chi connectivity index (χ1n) is 7.81. The predicted octanol–water partition coefficient (Wildman–Crippen LogP) is 3.49. The molecular weight excluding hydrogens is 346 g/mol. The van der Waals surface area contributed by atoms with Gasteiger partial charge in [-0.2, -0.15) is 0 Å². The van der Waals surface area contributed by atoms with Gasteiger partial charge in [-0.1, -0.05) is 17.7 Å². The molecule has 24 heavy (non-hydrogen) atoms. The van der Waals surface area contributed by atoms with Gasteiger partial charge in [0.15, 0.2) is 0 Å². The highest BCUT2D eigenvalue weighted by Crippen LogP contribution is 2.33. The first kappa shape index (κ1) is 16.9. The maximum atomic E-state index is 12.0. The third kappa shape index (κ3) is 4.13. The summed E-state index contributed by atoms with van der Waals surface area (Å²) >= 11 is 7.74. The lowest BCUT2D eigenvalue weighted by Gasteiger charge is -2.21. The van der Waals surface area contributed by atoms with Crippen LogP contribution in [0.1, 0.15) is 11.3 Å². The lowest BCUT2D eigenvalue weighted by molar-refractivity contribution is 0.237. The summed E-state index contributed by atoms with van der Waals surface area (Å²) in [6, 6.07) is 9.55. The van der Waals surface area contributed by atoms with Crippen molar-refractivity contribution in [2.45, 2.75) is 19.0 Å². The van der Waals surface area contributed by atoms with E-state index >= 15 is 0 Å². The Balaban J connectivity index is 1.53. The molecule has 1 unspecified atom stereocenters. The number of carbonyl (C=O) groups is 1. The molecule has 2 aromatic rings. The van der Waals surface area contributed by atoms with Crippen molar-refractivity contribution in [2.24, 2.45) is 0 Å². The first-order chi connectivity index (χ1) is 11.7. The minimum Gasteiger partial charge on any atom is -0.495 e. The van der Waals surface area contributed by atoms with Crippen molar-refractivity contribution in [1.82, 2.24) is 10.6 Å². The SMILES string of the molecule is COc1ccc(Cl)cc1N1CCC(NC(=O)NCc2cccs2)C1. The largest absolute Gasteiger partial charge is 0.495 e. The van der Waals surface area contributed by atoms with Crippen LogP contribution in [0.5, 0.6) is 5.75 Å².